The van der Waals surface area contributed by atoms with Gasteiger partial charge >= 0.3 is 21.4 Å². The summed E-state index contributed by atoms with van der Waals surface area (Å²) in [6.07, 6.45) is 2.35. The quantitative estimate of drug-likeness (QED) is 0.369. The lowest BCUT2D eigenvalue weighted by atomic mass is 9.71. The molecular formula is C26H61B3O6. The molecular weight excluding hydrogens is 441 g/mol. The van der Waals surface area contributed by atoms with Crippen molar-refractivity contribution in [1.29, 1.82) is 0 Å². The fraction of sp³-hybridized carbons (Fsp3) is 1.00. The highest BCUT2D eigenvalue weighted by Crippen LogP contribution is 2.29. The van der Waals surface area contributed by atoms with Gasteiger partial charge in [0.1, 0.15) is 0 Å². The third-order valence-electron chi connectivity index (χ3n) is 5.34. The minimum absolute atomic E-state index is 0. The summed E-state index contributed by atoms with van der Waals surface area (Å²) in [7, 11) is 0.0468. The van der Waals surface area contributed by atoms with E-state index in [4.69, 9.17) is 27.9 Å². The molecule has 3 saturated heterocycles. The Kier molecular flexibility index (Phi) is 20.6. The van der Waals surface area contributed by atoms with Gasteiger partial charge in [-0.1, -0.05) is 77.7 Å². The molecule has 3 fully saturated rings. The summed E-state index contributed by atoms with van der Waals surface area (Å²) in [5.74, 6) is 1.39. The average molecular weight is 502 g/mol. The van der Waals surface area contributed by atoms with Crippen LogP contribution in [0.25, 0.3) is 0 Å². The lowest BCUT2D eigenvalue weighted by Crippen LogP contribution is -2.47. The van der Waals surface area contributed by atoms with Crippen LogP contribution in [0.4, 0.5) is 0 Å². The second-order valence-electron chi connectivity index (χ2n) is 11.7. The summed E-state index contributed by atoms with van der Waals surface area (Å²) in [4.78, 5) is 0. The van der Waals surface area contributed by atoms with Crippen molar-refractivity contribution in [2.45, 2.75) is 140 Å². The van der Waals surface area contributed by atoms with E-state index < -0.39 is 0 Å². The van der Waals surface area contributed by atoms with Gasteiger partial charge in [0.05, 0.1) is 5.60 Å². The molecule has 1 unspecified atom stereocenters. The first-order valence-corrected chi connectivity index (χ1v) is 12.5. The molecule has 3 rings (SSSR count). The van der Waals surface area contributed by atoms with Gasteiger partial charge in [-0.25, -0.2) is 0 Å². The summed E-state index contributed by atoms with van der Waals surface area (Å²) < 4.78 is 33.1. The highest BCUT2D eigenvalue weighted by Gasteiger charge is 2.38. The van der Waals surface area contributed by atoms with E-state index in [1.54, 1.807) is 0 Å². The molecule has 0 spiro atoms. The maximum atomic E-state index is 5.78. The monoisotopic (exact) mass is 502 g/mol. The van der Waals surface area contributed by atoms with Crippen LogP contribution in [0.5, 0.6) is 0 Å². The Morgan fingerprint density at radius 2 is 1.06 bits per heavy atom. The minimum Gasteiger partial charge on any atom is -0.411 e. The van der Waals surface area contributed by atoms with Crippen molar-refractivity contribution < 1.29 is 27.9 Å². The first kappa shape index (κ1) is 39.5. The maximum Gasteiger partial charge on any atom is 0.460 e. The van der Waals surface area contributed by atoms with Crippen molar-refractivity contribution in [3.05, 3.63) is 0 Å². The normalized spacial score (nSPS) is 23.1. The summed E-state index contributed by atoms with van der Waals surface area (Å²) in [5.41, 5.74) is 0.179. The zero-order valence-corrected chi connectivity index (χ0v) is 22.7. The third-order valence-corrected chi connectivity index (χ3v) is 5.34. The highest BCUT2D eigenvalue weighted by atomic mass is 16.6. The molecule has 0 bridgehead atoms. The van der Waals surface area contributed by atoms with Crippen LogP contribution in [0.2, 0.25) is 17.5 Å². The Balaban J connectivity index is -0.000000424. The van der Waals surface area contributed by atoms with Crippen LogP contribution in [0, 0.1) is 5.41 Å². The lowest BCUT2D eigenvalue weighted by Gasteiger charge is -2.39. The second kappa shape index (κ2) is 18.2. The van der Waals surface area contributed by atoms with Gasteiger partial charge in [-0.3, -0.25) is 0 Å². The van der Waals surface area contributed by atoms with Crippen molar-refractivity contribution in [1.82, 2.24) is 0 Å². The predicted octanol–water partition coefficient (Wildman–Crippen LogP) is 7.68. The van der Waals surface area contributed by atoms with E-state index in [1.807, 2.05) is 0 Å². The molecule has 0 N–H and O–H groups in total. The maximum absolute atomic E-state index is 5.78. The van der Waals surface area contributed by atoms with Gasteiger partial charge in [-0.2, -0.15) is 0 Å². The van der Waals surface area contributed by atoms with Gasteiger partial charge in [0, 0.05) is 37.9 Å². The van der Waals surface area contributed by atoms with Crippen LogP contribution in [0.3, 0.4) is 0 Å². The van der Waals surface area contributed by atoms with E-state index in [2.05, 4.69) is 76.2 Å². The molecule has 0 aromatic heterocycles. The van der Waals surface area contributed by atoms with Crippen LogP contribution < -0.4 is 0 Å². The van der Waals surface area contributed by atoms with Crippen LogP contribution in [-0.2, 0) is 27.9 Å². The molecule has 210 valence electrons. The predicted molar refractivity (Wildman–Crippen MR) is 155 cm³/mol. The minimum atomic E-state index is -0.0243. The first-order valence-electron chi connectivity index (χ1n) is 12.5. The Bertz CT molecular complexity index is 501. The van der Waals surface area contributed by atoms with Gasteiger partial charge in [-0.05, 0) is 51.1 Å². The van der Waals surface area contributed by atoms with Gasteiger partial charge in [0.15, 0.2) is 0 Å². The fourth-order valence-corrected chi connectivity index (χ4v) is 3.63. The Labute approximate surface area is 221 Å². The molecule has 3 aliphatic heterocycles. The summed E-state index contributed by atoms with van der Waals surface area (Å²) in [6, 6.07) is 0. The molecule has 3 aliphatic rings. The van der Waals surface area contributed by atoms with Crippen molar-refractivity contribution in [3.8, 4) is 0 Å². The fourth-order valence-electron chi connectivity index (χ4n) is 3.63. The van der Waals surface area contributed by atoms with Crippen molar-refractivity contribution >= 4 is 21.4 Å². The van der Waals surface area contributed by atoms with Gasteiger partial charge < -0.3 is 27.9 Å². The highest BCUT2D eigenvalue weighted by molar-refractivity contribution is 6.47. The molecule has 0 aliphatic carbocycles. The number of rotatable bonds is 3. The van der Waals surface area contributed by atoms with Gasteiger partial charge in [-0.15, -0.1) is 0 Å². The molecule has 6 nitrogen and oxygen atoms in total. The topological polar surface area (TPSA) is 55.4 Å². The lowest BCUT2D eigenvalue weighted by molar-refractivity contribution is -0.0314. The molecule has 0 aromatic carbocycles. The third kappa shape index (κ3) is 16.4. The molecule has 0 radical (unpaired) electrons. The van der Waals surface area contributed by atoms with E-state index in [-0.39, 0.29) is 54.7 Å². The van der Waals surface area contributed by atoms with E-state index in [9.17, 15) is 0 Å². The Hall–Kier alpha value is -0.0452. The van der Waals surface area contributed by atoms with Crippen molar-refractivity contribution in [3.63, 3.8) is 0 Å². The number of hydrogen-bond donors (Lipinski definition) is 0. The van der Waals surface area contributed by atoms with Crippen molar-refractivity contribution in [2.75, 3.05) is 26.4 Å². The SMILES string of the molecule is C.C.C.CC(C)B1OCC(C)(C)CO1.CC(C)B1OCCCO1.CC1CC(C)(C)OB(C(C)C)O1. The summed E-state index contributed by atoms with van der Waals surface area (Å²) in [6.45, 7) is 26.7. The average Bonchev–Trinajstić information content (AvgIpc) is 2.68. The van der Waals surface area contributed by atoms with E-state index >= 15 is 0 Å². The van der Waals surface area contributed by atoms with Gasteiger partial charge in [0.2, 0.25) is 0 Å². The largest absolute Gasteiger partial charge is 0.460 e. The Morgan fingerprint density at radius 3 is 1.40 bits per heavy atom. The van der Waals surface area contributed by atoms with E-state index in [0.29, 0.717) is 23.6 Å². The summed E-state index contributed by atoms with van der Waals surface area (Å²) in [5, 5.41) is 0. The summed E-state index contributed by atoms with van der Waals surface area (Å²) >= 11 is 0. The molecule has 0 aromatic rings. The standard InChI is InChI=1S/C9H19BO2.C8H17BO2.C6H13BO2.3CH4/c1-7(2)10-11-8(3)6-9(4,5)12-10;1-7(2)9-10-5-8(3,4)6-11-9;1-6(2)7-8-4-3-5-9-7;;;/h7-8H,6H2,1-5H3;7H,5-6H2,1-4H3;6H,3-5H2,1-2H3;3*1H4. The zero-order chi connectivity index (χ0) is 24.5. The Morgan fingerprint density at radius 1 is 0.657 bits per heavy atom. The van der Waals surface area contributed by atoms with Crippen molar-refractivity contribution in [2.24, 2.45) is 5.41 Å². The first-order chi connectivity index (χ1) is 14.7. The second-order valence-corrected chi connectivity index (χ2v) is 11.7. The van der Waals surface area contributed by atoms with E-state index in [1.165, 1.54) is 0 Å². The van der Waals surface area contributed by atoms with Crippen LogP contribution >= 0.6 is 0 Å². The number of hydrogen-bond acceptors (Lipinski definition) is 6. The van der Waals surface area contributed by atoms with E-state index in [0.717, 1.165) is 39.3 Å². The van der Waals surface area contributed by atoms with Crippen LogP contribution in [-0.4, -0.2) is 59.5 Å². The van der Waals surface area contributed by atoms with Gasteiger partial charge in [0.25, 0.3) is 0 Å². The molecule has 3 heterocycles. The molecule has 0 amide bonds. The smallest absolute Gasteiger partial charge is 0.411 e. The molecule has 0 saturated carbocycles. The van der Waals surface area contributed by atoms with Crippen LogP contribution in [0.1, 0.15) is 111 Å². The molecule has 9 heteroatoms. The zero-order valence-electron chi connectivity index (χ0n) is 22.7. The molecule has 1 atom stereocenters. The molecule has 35 heavy (non-hydrogen) atoms. The van der Waals surface area contributed by atoms with Crippen LogP contribution in [0.15, 0.2) is 0 Å².